The van der Waals surface area contributed by atoms with Crippen LogP contribution in [0.3, 0.4) is 0 Å². The Labute approximate surface area is 301 Å². The lowest BCUT2D eigenvalue weighted by molar-refractivity contribution is -0.124. The molecule has 11 nitrogen and oxygen atoms in total. The second-order valence-electron chi connectivity index (χ2n) is 13.2. The van der Waals surface area contributed by atoms with E-state index in [-0.39, 0.29) is 30.9 Å². The third-order valence-corrected chi connectivity index (χ3v) is 10.3. The van der Waals surface area contributed by atoms with E-state index >= 15 is 0 Å². The summed E-state index contributed by atoms with van der Waals surface area (Å²) in [5.74, 6) is -0.0102. The van der Waals surface area contributed by atoms with Gasteiger partial charge in [-0.05, 0) is 66.7 Å². The number of benzene rings is 2. The van der Waals surface area contributed by atoms with Gasteiger partial charge in [-0.1, -0.05) is 74.5 Å². The van der Waals surface area contributed by atoms with Crippen molar-refractivity contribution in [1.82, 2.24) is 30.2 Å². The average Bonchev–Trinajstić information content (AvgIpc) is 3.61. The number of nitrogens with zero attached hydrogens (tertiary/aromatic N) is 3. The van der Waals surface area contributed by atoms with Crippen molar-refractivity contribution in [3.8, 4) is 0 Å². The molecule has 5 rings (SSSR count). The molecule has 2 unspecified atom stereocenters. The number of alkyl carbamates (subject to hydrolysis) is 1. The lowest BCUT2D eigenvalue weighted by atomic mass is 9.93. The number of aliphatic hydroxyl groups is 1. The highest BCUT2D eigenvalue weighted by atomic mass is 32.1. The van der Waals surface area contributed by atoms with Gasteiger partial charge in [0.05, 0.1) is 34.3 Å². The second-order valence-corrected chi connectivity index (χ2v) is 15.0. The second kappa shape index (κ2) is 18.1. The van der Waals surface area contributed by atoms with Crippen LogP contribution >= 0.6 is 22.9 Å². The summed E-state index contributed by atoms with van der Waals surface area (Å²) in [6, 6.07) is 18.6. The van der Waals surface area contributed by atoms with Crippen molar-refractivity contribution in [2.24, 2.45) is 5.92 Å². The molecule has 4 N–H and O–H groups in total. The van der Waals surface area contributed by atoms with E-state index < -0.39 is 30.3 Å². The van der Waals surface area contributed by atoms with E-state index in [0.717, 1.165) is 26.7 Å². The topological polar surface area (TPSA) is 146 Å². The van der Waals surface area contributed by atoms with Crippen LogP contribution in [-0.4, -0.2) is 68.7 Å². The van der Waals surface area contributed by atoms with Gasteiger partial charge in [0, 0.05) is 30.6 Å². The molecular weight excluding hydrogens is 673 g/mol. The number of nitrogens with one attached hydrogen (secondary N) is 3. The average molecular weight is 719 g/mol. The van der Waals surface area contributed by atoms with E-state index in [9.17, 15) is 19.5 Å². The van der Waals surface area contributed by atoms with Crippen molar-refractivity contribution in [2.75, 3.05) is 7.05 Å². The highest BCUT2D eigenvalue weighted by Gasteiger charge is 2.31. The maximum absolute atomic E-state index is 13.9. The molecule has 0 saturated heterocycles. The van der Waals surface area contributed by atoms with Crippen LogP contribution in [0, 0.1) is 5.92 Å². The van der Waals surface area contributed by atoms with Crippen molar-refractivity contribution < 1.29 is 24.2 Å². The number of ether oxygens (including phenoxy) is 1. The number of hydrogen-bond acceptors (Lipinski definition) is 9. The number of amides is 4. The molecule has 0 radical (unpaired) electrons. The van der Waals surface area contributed by atoms with E-state index in [0.29, 0.717) is 25.3 Å². The fourth-order valence-electron chi connectivity index (χ4n) is 5.64. The van der Waals surface area contributed by atoms with Crippen molar-refractivity contribution in [3.63, 3.8) is 0 Å². The Morgan fingerprint density at radius 1 is 0.960 bits per heavy atom. The largest absolute Gasteiger partial charge is 0.444 e. The predicted octanol–water partition coefficient (Wildman–Crippen LogP) is 5.66. The number of urea groups is 1. The Bertz CT molecular complexity index is 1650. The van der Waals surface area contributed by atoms with Crippen molar-refractivity contribution in [2.45, 2.75) is 89.3 Å². The molecule has 1 aliphatic rings. The van der Waals surface area contributed by atoms with Crippen molar-refractivity contribution in [3.05, 3.63) is 105 Å². The SMILES string of the molecule is CC(C)[C@H](NC(=O)N(C)Cc1csc(C2CC2)n1)C(=O)NC(Cc1ccccc1)CC(O)[C@H](Cc1ccccc1)NC(=O)OCc1ccns1. The van der Waals surface area contributed by atoms with E-state index in [2.05, 4.69) is 25.3 Å². The Morgan fingerprint density at radius 2 is 1.64 bits per heavy atom. The first kappa shape index (κ1) is 36.9. The normalized spacial score (nSPS) is 15.1. The number of rotatable bonds is 17. The molecule has 266 valence electrons. The quantitative estimate of drug-likeness (QED) is 0.110. The summed E-state index contributed by atoms with van der Waals surface area (Å²) in [5, 5.41) is 23.7. The minimum Gasteiger partial charge on any atom is -0.444 e. The van der Waals surface area contributed by atoms with Crippen LogP contribution in [0.1, 0.15) is 65.7 Å². The number of aliphatic hydroxyl groups excluding tert-OH is 1. The summed E-state index contributed by atoms with van der Waals surface area (Å²) in [6.07, 6.45) is 3.20. The molecule has 0 aliphatic heterocycles. The first-order valence-electron chi connectivity index (χ1n) is 17.0. The standard InChI is InChI=1S/C37H46N6O5S2/c1-24(2)33(42-36(46)43(3)21-29-23-49-35(40-29)27-14-15-27)34(45)39-28(18-25-10-6-4-7-11-25)20-32(44)31(19-26-12-8-5-9-13-26)41-37(47)48-22-30-16-17-38-50-30/h4-13,16-17,23-24,27-28,31-33,44H,14-15,18-22H2,1-3H3,(H,39,45)(H,41,47)(H,42,46)/t28?,31-,32?,33-/m0/s1. The molecule has 4 aromatic rings. The van der Waals surface area contributed by atoms with Crippen LogP contribution in [0.5, 0.6) is 0 Å². The van der Waals surface area contributed by atoms with E-state index in [1.54, 1.807) is 30.6 Å². The van der Waals surface area contributed by atoms with Crippen molar-refractivity contribution >= 4 is 40.9 Å². The molecule has 1 aliphatic carbocycles. The van der Waals surface area contributed by atoms with Crippen LogP contribution in [0.25, 0.3) is 0 Å². The van der Waals surface area contributed by atoms with Crippen LogP contribution in [-0.2, 0) is 35.5 Å². The number of carbonyl (C=O) groups is 3. The zero-order chi connectivity index (χ0) is 35.5. The first-order valence-corrected chi connectivity index (χ1v) is 18.6. The predicted molar refractivity (Wildman–Crippen MR) is 195 cm³/mol. The molecule has 13 heteroatoms. The van der Waals surface area contributed by atoms with Gasteiger partial charge < -0.3 is 30.7 Å². The molecule has 1 fully saturated rings. The Kier molecular flexibility index (Phi) is 13.3. The smallest absolute Gasteiger partial charge is 0.407 e. The van der Waals surface area contributed by atoms with Gasteiger partial charge in [-0.15, -0.1) is 11.3 Å². The first-order chi connectivity index (χ1) is 24.1. The minimum absolute atomic E-state index is 0.0696. The maximum Gasteiger partial charge on any atom is 0.407 e. The van der Waals surface area contributed by atoms with E-state index in [1.807, 2.05) is 79.9 Å². The third-order valence-electron chi connectivity index (χ3n) is 8.57. The Balaban J connectivity index is 1.26. The van der Waals surface area contributed by atoms with E-state index in [1.165, 1.54) is 29.3 Å². The van der Waals surface area contributed by atoms with Crippen LogP contribution in [0.4, 0.5) is 9.59 Å². The molecule has 4 atom stereocenters. The third kappa shape index (κ3) is 11.4. The van der Waals surface area contributed by atoms with Gasteiger partial charge in [0.1, 0.15) is 12.6 Å². The zero-order valence-electron chi connectivity index (χ0n) is 28.7. The number of hydrogen-bond donors (Lipinski definition) is 4. The molecular formula is C37H46N6O5S2. The number of thiazole rings is 1. The maximum atomic E-state index is 13.9. The Hall–Kier alpha value is -4.33. The van der Waals surface area contributed by atoms with Crippen LogP contribution < -0.4 is 16.0 Å². The van der Waals surface area contributed by atoms with Gasteiger partial charge in [0.2, 0.25) is 5.91 Å². The number of carbonyl (C=O) groups excluding carboxylic acids is 3. The lowest BCUT2D eigenvalue weighted by Gasteiger charge is -2.30. The molecule has 2 heterocycles. The van der Waals surface area contributed by atoms with Crippen LogP contribution in [0.15, 0.2) is 78.3 Å². The van der Waals surface area contributed by atoms with Gasteiger partial charge in [-0.3, -0.25) is 4.79 Å². The van der Waals surface area contributed by atoms with Gasteiger partial charge in [0.25, 0.3) is 0 Å². The summed E-state index contributed by atoms with van der Waals surface area (Å²) in [5.41, 5.74) is 2.74. The fourth-order valence-corrected chi connectivity index (χ4v) is 7.11. The van der Waals surface area contributed by atoms with Gasteiger partial charge >= 0.3 is 12.1 Å². The lowest BCUT2D eigenvalue weighted by Crippen LogP contribution is -2.55. The molecule has 0 bridgehead atoms. The zero-order valence-corrected chi connectivity index (χ0v) is 30.3. The molecule has 2 aromatic carbocycles. The molecule has 50 heavy (non-hydrogen) atoms. The summed E-state index contributed by atoms with van der Waals surface area (Å²) in [7, 11) is 1.69. The molecule has 0 spiro atoms. The van der Waals surface area contributed by atoms with E-state index in [4.69, 9.17) is 4.74 Å². The minimum atomic E-state index is -1.04. The van der Waals surface area contributed by atoms with Crippen molar-refractivity contribution in [1.29, 1.82) is 0 Å². The summed E-state index contributed by atoms with van der Waals surface area (Å²) in [6.45, 7) is 4.17. The molecule has 1 saturated carbocycles. The molecule has 2 aromatic heterocycles. The Morgan fingerprint density at radius 3 is 2.26 bits per heavy atom. The van der Waals surface area contributed by atoms with Gasteiger partial charge in [0.15, 0.2) is 0 Å². The summed E-state index contributed by atoms with van der Waals surface area (Å²) in [4.78, 5) is 47.1. The van der Waals surface area contributed by atoms with Crippen LogP contribution in [0.2, 0.25) is 0 Å². The van der Waals surface area contributed by atoms with Gasteiger partial charge in [-0.25, -0.2) is 18.9 Å². The summed E-state index contributed by atoms with van der Waals surface area (Å²) < 4.78 is 9.46. The monoisotopic (exact) mass is 718 g/mol. The highest BCUT2D eigenvalue weighted by Crippen LogP contribution is 2.41. The van der Waals surface area contributed by atoms with Gasteiger partial charge in [-0.2, -0.15) is 0 Å². The highest BCUT2D eigenvalue weighted by molar-refractivity contribution is 7.09. The number of aromatic nitrogens is 2. The summed E-state index contributed by atoms with van der Waals surface area (Å²) >= 11 is 2.88. The fraction of sp³-hybridized carbons (Fsp3) is 0.432. The molecule has 4 amide bonds.